The zero-order valence-electron chi connectivity index (χ0n) is 24.5. The van der Waals surface area contributed by atoms with Gasteiger partial charge in [0.05, 0.1) is 24.9 Å². The van der Waals surface area contributed by atoms with Crippen LogP contribution in [0.2, 0.25) is 0 Å². The number of rotatable bonds is 7. The molecule has 0 saturated carbocycles. The van der Waals surface area contributed by atoms with Crippen molar-refractivity contribution >= 4 is 22.9 Å². The minimum Gasteiger partial charge on any atom is -0.457 e. The highest BCUT2D eigenvalue weighted by atomic mass is 16.5. The Bertz CT molecular complexity index is 1870. The minimum atomic E-state index is -0.452. The molecular formula is C32H32N8O4. The first kappa shape index (κ1) is 27.8. The number of anilines is 1. The summed E-state index contributed by atoms with van der Waals surface area (Å²) in [5, 5.41) is 9.89. The van der Waals surface area contributed by atoms with Crippen LogP contribution in [0.4, 0.5) is 5.82 Å². The van der Waals surface area contributed by atoms with Gasteiger partial charge >= 0.3 is 5.69 Å². The Morgan fingerprint density at radius 1 is 1.09 bits per heavy atom. The number of benzene rings is 2. The van der Waals surface area contributed by atoms with Gasteiger partial charge in [-0.1, -0.05) is 18.2 Å². The van der Waals surface area contributed by atoms with Gasteiger partial charge in [-0.2, -0.15) is 5.26 Å². The van der Waals surface area contributed by atoms with E-state index in [0.717, 1.165) is 26.3 Å². The Morgan fingerprint density at radius 2 is 1.77 bits per heavy atom. The molecule has 2 aromatic heterocycles. The fraction of sp³-hybridized carbons (Fsp3) is 0.344. The fourth-order valence-electron chi connectivity index (χ4n) is 6.21. The van der Waals surface area contributed by atoms with Crippen LogP contribution < -0.4 is 16.2 Å². The van der Waals surface area contributed by atoms with Crippen molar-refractivity contribution in [1.29, 1.82) is 5.26 Å². The zero-order chi connectivity index (χ0) is 30.6. The van der Waals surface area contributed by atoms with Crippen molar-refractivity contribution in [2.75, 3.05) is 45.1 Å². The number of carbonyl (C=O) groups excluding carboxylic acids is 1. The van der Waals surface area contributed by atoms with Gasteiger partial charge in [-0.3, -0.25) is 18.8 Å². The lowest BCUT2D eigenvalue weighted by Crippen LogP contribution is -2.70. The molecule has 0 atom stereocenters. The van der Waals surface area contributed by atoms with Crippen molar-refractivity contribution in [1.82, 2.24) is 28.9 Å². The maximum atomic E-state index is 13.9. The number of carbonyl (C=O) groups is 1. The zero-order valence-corrected chi connectivity index (χ0v) is 24.5. The normalized spacial score (nSPS) is 18.4. The molecule has 2 N–H and O–H groups in total. The SMILES string of the molecule is CC(C)(C=C(C#N)C(=O)N1CC(n2c(=O)n(-c3ccc(Oc4ccccc4)cc3)c3c(N)ncnc32)C1)N1CC2(COC2)C1. The van der Waals surface area contributed by atoms with E-state index in [1.165, 1.54) is 10.9 Å². The predicted molar refractivity (Wildman–Crippen MR) is 162 cm³/mol. The van der Waals surface area contributed by atoms with Crippen molar-refractivity contribution in [2.24, 2.45) is 5.41 Å². The Kier molecular flexibility index (Phi) is 6.53. The molecule has 3 fully saturated rings. The number of imidazole rings is 1. The molecule has 0 bridgehead atoms. The summed E-state index contributed by atoms with van der Waals surface area (Å²) in [6.45, 7) is 7.85. The third-order valence-corrected chi connectivity index (χ3v) is 8.80. The van der Waals surface area contributed by atoms with Gasteiger partial charge in [0.2, 0.25) is 0 Å². The Labute approximate surface area is 253 Å². The lowest BCUT2D eigenvalue weighted by atomic mass is 9.75. The first-order chi connectivity index (χ1) is 21.2. The van der Waals surface area contributed by atoms with Crippen LogP contribution in [0.1, 0.15) is 19.9 Å². The summed E-state index contributed by atoms with van der Waals surface area (Å²) in [6.07, 6.45) is 3.08. The van der Waals surface area contributed by atoms with Gasteiger partial charge in [0.1, 0.15) is 35.0 Å². The molecule has 1 spiro atoms. The summed E-state index contributed by atoms with van der Waals surface area (Å²) < 4.78 is 14.3. The topological polar surface area (TPSA) is 145 Å². The average Bonchev–Trinajstić information content (AvgIpc) is 3.23. The average molecular weight is 593 g/mol. The molecule has 5 heterocycles. The van der Waals surface area contributed by atoms with E-state index in [2.05, 4.69) is 20.9 Å². The highest BCUT2D eigenvalue weighted by molar-refractivity contribution is 5.98. The molecule has 3 aliphatic heterocycles. The molecule has 0 aliphatic carbocycles. The van der Waals surface area contributed by atoms with Crippen molar-refractivity contribution in [3.05, 3.63) is 83.1 Å². The van der Waals surface area contributed by atoms with Gasteiger partial charge in [-0.25, -0.2) is 14.8 Å². The van der Waals surface area contributed by atoms with Crippen LogP contribution in [0.15, 0.2) is 77.4 Å². The number of nitrogens with zero attached hydrogens (tertiary/aromatic N) is 7. The standard InChI is InChI=1S/C32H32N8O4/c1-31(2,38-16-32(17-38)18-43-19-32)12-21(13-33)29(41)37-14-23(15-37)40-28-26(27(34)35-20-36-28)39(30(40)42)22-8-10-25(11-9-22)44-24-6-4-3-5-7-24/h3-12,20,23H,14-19H2,1-2H3,(H2,34,35,36). The smallest absolute Gasteiger partial charge is 0.335 e. The highest BCUT2D eigenvalue weighted by Crippen LogP contribution is 2.42. The summed E-state index contributed by atoms with van der Waals surface area (Å²) in [7, 11) is 0. The second-order valence-electron chi connectivity index (χ2n) is 12.4. The maximum Gasteiger partial charge on any atom is 0.335 e. The van der Waals surface area contributed by atoms with Crippen LogP contribution >= 0.6 is 0 Å². The number of likely N-dealkylation sites (tertiary alicyclic amines) is 2. The van der Waals surface area contributed by atoms with Crippen LogP contribution in [0.5, 0.6) is 11.5 Å². The molecule has 4 aromatic rings. The minimum absolute atomic E-state index is 0.0958. The van der Waals surface area contributed by atoms with E-state index >= 15 is 0 Å². The number of nitrogen functional groups attached to an aromatic ring is 1. The maximum absolute atomic E-state index is 13.9. The van der Waals surface area contributed by atoms with Gasteiger partial charge < -0.3 is 20.1 Å². The number of hydrogen-bond acceptors (Lipinski definition) is 9. The highest BCUT2D eigenvalue weighted by Gasteiger charge is 2.52. The molecule has 7 rings (SSSR count). The van der Waals surface area contributed by atoms with E-state index in [9.17, 15) is 14.9 Å². The third kappa shape index (κ3) is 4.61. The predicted octanol–water partition coefficient (Wildman–Crippen LogP) is 2.90. The Morgan fingerprint density at radius 3 is 2.41 bits per heavy atom. The van der Waals surface area contributed by atoms with Crippen LogP contribution in [-0.4, -0.2) is 79.7 Å². The third-order valence-electron chi connectivity index (χ3n) is 8.80. The number of amides is 1. The van der Waals surface area contributed by atoms with E-state index < -0.39 is 5.54 Å². The number of hydrogen-bond donors (Lipinski definition) is 1. The molecule has 3 saturated heterocycles. The van der Waals surface area contributed by atoms with E-state index in [1.807, 2.05) is 44.2 Å². The molecule has 3 aliphatic rings. The number of nitriles is 1. The van der Waals surface area contributed by atoms with E-state index in [4.69, 9.17) is 15.2 Å². The molecule has 12 heteroatoms. The molecule has 224 valence electrons. The lowest BCUT2D eigenvalue weighted by Gasteiger charge is -2.59. The van der Waals surface area contributed by atoms with Gasteiger partial charge in [-0.15, -0.1) is 0 Å². The molecular weight excluding hydrogens is 560 g/mol. The van der Waals surface area contributed by atoms with Crippen LogP contribution in [-0.2, 0) is 9.53 Å². The summed E-state index contributed by atoms with van der Waals surface area (Å²) >= 11 is 0. The van der Waals surface area contributed by atoms with Crippen molar-refractivity contribution in [2.45, 2.75) is 25.4 Å². The molecule has 12 nitrogen and oxygen atoms in total. The molecule has 0 unspecified atom stereocenters. The van der Waals surface area contributed by atoms with Gasteiger partial charge in [0, 0.05) is 37.1 Å². The summed E-state index contributed by atoms with van der Waals surface area (Å²) in [5.41, 5.74) is 7.14. The monoisotopic (exact) mass is 592 g/mol. The van der Waals surface area contributed by atoms with Crippen molar-refractivity contribution in [3.63, 3.8) is 0 Å². The van der Waals surface area contributed by atoms with Crippen LogP contribution in [0.3, 0.4) is 0 Å². The largest absolute Gasteiger partial charge is 0.457 e. The summed E-state index contributed by atoms with van der Waals surface area (Å²) in [5.74, 6) is 1.13. The van der Waals surface area contributed by atoms with E-state index in [1.54, 1.807) is 39.8 Å². The molecule has 2 aromatic carbocycles. The number of para-hydroxylation sites is 1. The number of aromatic nitrogens is 4. The summed E-state index contributed by atoms with van der Waals surface area (Å²) in [6, 6.07) is 18.3. The second-order valence-corrected chi connectivity index (χ2v) is 12.4. The van der Waals surface area contributed by atoms with Crippen molar-refractivity contribution in [3.8, 4) is 23.3 Å². The number of ether oxygens (including phenoxy) is 2. The van der Waals surface area contributed by atoms with Crippen LogP contribution in [0, 0.1) is 16.7 Å². The second kappa shape index (κ2) is 10.3. The van der Waals surface area contributed by atoms with Crippen molar-refractivity contribution < 1.29 is 14.3 Å². The quantitative estimate of drug-likeness (QED) is 0.253. The van der Waals surface area contributed by atoms with Crippen LogP contribution in [0.25, 0.3) is 16.9 Å². The lowest BCUT2D eigenvalue weighted by molar-refractivity contribution is -0.204. The molecule has 1 amide bonds. The Hall–Kier alpha value is -4.99. The number of fused-ring (bicyclic) bond motifs is 1. The van der Waals surface area contributed by atoms with E-state index in [-0.39, 0.29) is 47.5 Å². The molecule has 0 radical (unpaired) electrons. The van der Waals surface area contributed by atoms with Gasteiger partial charge in [0.15, 0.2) is 11.5 Å². The fourth-order valence-corrected chi connectivity index (χ4v) is 6.21. The molecule has 44 heavy (non-hydrogen) atoms. The van der Waals surface area contributed by atoms with E-state index in [0.29, 0.717) is 28.4 Å². The first-order valence-electron chi connectivity index (χ1n) is 14.5. The number of nitrogens with two attached hydrogens (primary N) is 1. The summed E-state index contributed by atoms with van der Waals surface area (Å²) in [4.78, 5) is 39.6. The first-order valence-corrected chi connectivity index (χ1v) is 14.5. The Balaban J connectivity index is 1.11. The van der Waals surface area contributed by atoms with Gasteiger partial charge in [-0.05, 0) is 56.3 Å². The van der Waals surface area contributed by atoms with Gasteiger partial charge in [0.25, 0.3) is 5.91 Å².